The van der Waals surface area contributed by atoms with E-state index >= 15 is 0 Å². The number of carboxylic acids is 1. The number of carbonyl (C=O) groups is 1. The zero-order chi connectivity index (χ0) is 12.0. The molecular formula is C10H17O4S2-. The lowest BCUT2D eigenvalue weighted by Gasteiger charge is -2.35. The largest absolute Gasteiger partial charge is 0.550 e. The molecule has 94 valence electrons. The maximum atomic E-state index is 10.2. The highest BCUT2D eigenvalue weighted by molar-refractivity contribution is 8.76. The maximum absolute atomic E-state index is 10.2. The van der Waals surface area contributed by atoms with Crippen LogP contribution in [0.4, 0.5) is 0 Å². The average molecular weight is 265 g/mol. The minimum Gasteiger partial charge on any atom is -0.550 e. The summed E-state index contributed by atoms with van der Waals surface area (Å²) in [6.45, 7) is 0. The monoisotopic (exact) mass is 265 g/mol. The van der Waals surface area contributed by atoms with Gasteiger partial charge in [0.1, 0.15) is 5.60 Å². The molecule has 0 aromatic rings. The van der Waals surface area contributed by atoms with Crippen molar-refractivity contribution in [2.24, 2.45) is 0 Å². The lowest BCUT2D eigenvalue weighted by molar-refractivity contribution is -0.305. The SMILES string of the molecule is O=C([O-])CCCCC[C@]1(O)CSSC[C@@H]1O. The molecule has 0 radical (unpaired) electrons. The van der Waals surface area contributed by atoms with Gasteiger partial charge < -0.3 is 20.1 Å². The summed E-state index contributed by atoms with van der Waals surface area (Å²) < 4.78 is 0. The molecule has 0 unspecified atom stereocenters. The molecule has 16 heavy (non-hydrogen) atoms. The van der Waals surface area contributed by atoms with Crippen LogP contribution in [0.3, 0.4) is 0 Å². The molecule has 6 heteroatoms. The van der Waals surface area contributed by atoms with Crippen LogP contribution in [0.15, 0.2) is 0 Å². The number of aliphatic hydroxyl groups is 2. The molecule has 1 heterocycles. The number of unbranched alkanes of at least 4 members (excludes halogenated alkanes) is 2. The first-order chi connectivity index (χ1) is 7.54. The number of rotatable bonds is 6. The number of hydrogen-bond donors (Lipinski definition) is 2. The molecule has 0 aromatic carbocycles. The van der Waals surface area contributed by atoms with Crippen LogP contribution in [0.5, 0.6) is 0 Å². The van der Waals surface area contributed by atoms with Gasteiger partial charge >= 0.3 is 0 Å². The third-order valence-corrected chi connectivity index (χ3v) is 5.23. The third kappa shape index (κ3) is 4.53. The molecule has 0 amide bonds. The molecule has 0 saturated carbocycles. The Balaban J connectivity index is 2.17. The number of hydrogen-bond acceptors (Lipinski definition) is 6. The summed E-state index contributed by atoms with van der Waals surface area (Å²) in [6, 6.07) is 0. The summed E-state index contributed by atoms with van der Waals surface area (Å²) in [6.07, 6.45) is 2.02. The molecule has 1 aliphatic rings. The van der Waals surface area contributed by atoms with Crippen LogP contribution >= 0.6 is 21.6 Å². The van der Waals surface area contributed by atoms with Crippen LogP contribution in [0, 0.1) is 0 Å². The van der Waals surface area contributed by atoms with E-state index in [1.54, 1.807) is 21.6 Å². The molecule has 2 atom stereocenters. The number of carboxylic acid groups (broad SMARTS) is 1. The van der Waals surface area contributed by atoms with Gasteiger partial charge in [0.15, 0.2) is 0 Å². The molecule has 0 spiro atoms. The number of carbonyl (C=O) groups excluding carboxylic acids is 1. The first kappa shape index (κ1) is 14.2. The van der Waals surface area contributed by atoms with Gasteiger partial charge in [0.05, 0.1) is 6.10 Å². The van der Waals surface area contributed by atoms with Gasteiger partial charge in [-0.15, -0.1) is 0 Å². The normalized spacial score (nSPS) is 30.2. The Hall–Kier alpha value is 0.0900. The Morgan fingerprint density at radius 1 is 1.38 bits per heavy atom. The van der Waals surface area contributed by atoms with E-state index in [-0.39, 0.29) is 6.42 Å². The molecule has 1 fully saturated rings. The van der Waals surface area contributed by atoms with E-state index < -0.39 is 17.7 Å². The first-order valence-electron chi connectivity index (χ1n) is 5.39. The quantitative estimate of drug-likeness (QED) is 0.526. The molecular weight excluding hydrogens is 248 g/mol. The van der Waals surface area contributed by atoms with Crippen molar-refractivity contribution in [3.63, 3.8) is 0 Å². The average Bonchev–Trinajstić information content (AvgIpc) is 2.22. The van der Waals surface area contributed by atoms with Crippen molar-refractivity contribution in [3.05, 3.63) is 0 Å². The first-order valence-corrected chi connectivity index (χ1v) is 7.88. The van der Waals surface area contributed by atoms with Gasteiger partial charge in [0, 0.05) is 17.5 Å². The summed E-state index contributed by atoms with van der Waals surface area (Å²) >= 11 is 0. The second-order valence-corrected chi connectivity index (χ2v) is 6.61. The number of aliphatic hydroxyl groups excluding tert-OH is 1. The third-order valence-electron chi connectivity index (χ3n) is 2.73. The summed E-state index contributed by atoms with van der Waals surface area (Å²) in [4.78, 5) is 10.2. The van der Waals surface area contributed by atoms with E-state index in [1.165, 1.54) is 0 Å². The highest BCUT2D eigenvalue weighted by Gasteiger charge is 2.38. The second-order valence-electron chi connectivity index (χ2n) is 4.10. The van der Waals surface area contributed by atoms with E-state index in [4.69, 9.17) is 0 Å². The maximum Gasteiger partial charge on any atom is 0.101 e. The van der Waals surface area contributed by atoms with Crippen LogP contribution in [-0.2, 0) is 4.79 Å². The Bertz CT molecular complexity index is 237. The molecule has 0 aromatic heterocycles. The van der Waals surface area contributed by atoms with Gasteiger partial charge in [-0.05, 0) is 19.3 Å². The van der Waals surface area contributed by atoms with Crippen molar-refractivity contribution in [2.75, 3.05) is 11.5 Å². The highest BCUT2D eigenvalue weighted by atomic mass is 33.1. The van der Waals surface area contributed by atoms with E-state index in [2.05, 4.69) is 0 Å². The lowest BCUT2D eigenvalue weighted by Crippen LogP contribution is -2.47. The highest BCUT2D eigenvalue weighted by Crippen LogP contribution is 2.38. The van der Waals surface area contributed by atoms with Crippen molar-refractivity contribution in [2.45, 2.75) is 43.8 Å². The topological polar surface area (TPSA) is 80.6 Å². The summed E-state index contributed by atoms with van der Waals surface area (Å²) in [5.41, 5.74) is -0.989. The van der Waals surface area contributed by atoms with Gasteiger partial charge in [-0.3, -0.25) is 0 Å². The van der Waals surface area contributed by atoms with Crippen LogP contribution in [0.2, 0.25) is 0 Å². The van der Waals surface area contributed by atoms with E-state index in [0.29, 0.717) is 24.3 Å². The fourth-order valence-corrected chi connectivity index (χ4v) is 4.32. The fraction of sp³-hybridized carbons (Fsp3) is 0.900. The molecule has 0 aliphatic carbocycles. The van der Waals surface area contributed by atoms with Gasteiger partial charge in [0.25, 0.3) is 0 Å². The van der Waals surface area contributed by atoms with E-state index in [0.717, 1.165) is 12.8 Å². The van der Waals surface area contributed by atoms with Crippen molar-refractivity contribution in [3.8, 4) is 0 Å². The van der Waals surface area contributed by atoms with E-state index in [9.17, 15) is 20.1 Å². The standard InChI is InChI=1S/C10H18O4S2/c11-8-6-15-16-7-10(8,14)5-3-1-2-4-9(12)13/h8,11,14H,1-7H2,(H,12,13)/p-1/t8-,10-/m0/s1. The van der Waals surface area contributed by atoms with E-state index in [1.807, 2.05) is 0 Å². The van der Waals surface area contributed by atoms with Crippen molar-refractivity contribution in [1.29, 1.82) is 0 Å². The summed E-state index contributed by atoms with van der Waals surface area (Å²) in [5, 5.41) is 30.0. The predicted octanol–water partition coefficient (Wildman–Crippen LogP) is 0.174. The minimum absolute atomic E-state index is 0.0750. The summed E-state index contributed by atoms with van der Waals surface area (Å²) in [5.74, 6) is 0.0721. The predicted molar refractivity (Wildman–Crippen MR) is 64.0 cm³/mol. The Morgan fingerprint density at radius 2 is 2.12 bits per heavy atom. The second kappa shape index (κ2) is 6.74. The molecule has 2 N–H and O–H groups in total. The van der Waals surface area contributed by atoms with Gasteiger partial charge in [-0.2, -0.15) is 0 Å². The Morgan fingerprint density at radius 3 is 2.75 bits per heavy atom. The molecule has 1 saturated heterocycles. The van der Waals surface area contributed by atoms with Gasteiger partial charge in [-0.1, -0.05) is 34.4 Å². The number of aliphatic carboxylic acids is 1. The van der Waals surface area contributed by atoms with Crippen molar-refractivity contribution < 1.29 is 20.1 Å². The van der Waals surface area contributed by atoms with Crippen LogP contribution < -0.4 is 5.11 Å². The molecule has 1 rings (SSSR count). The molecule has 0 bridgehead atoms. The van der Waals surface area contributed by atoms with Crippen LogP contribution in [-0.4, -0.2) is 39.4 Å². The molecule has 4 nitrogen and oxygen atoms in total. The van der Waals surface area contributed by atoms with Crippen molar-refractivity contribution >= 4 is 27.6 Å². The summed E-state index contributed by atoms with van der Waals surface area (Å²) in [7, 11) is 3.15. The Kier molecular flexibility index (Phi) is 5.96. The van der Waals surface area contributed by atoms with Crippen LogP contribution in [0.25, 0.3) is 0 Å². The zero-order valence-corrected chi connectivity index (χ0v) is 10.7. The lowest BCUT2D eigenvalue weighted by atomic mass is 9.92. The van der Waals surface area contributed by atoms with Gasteiger partial charge in [-0.25, -0.2) is 0 Å². The van der Waals surface area contributed by atoms with Crippen LogP contribution in [0.1, 0.15) is 32.1 Å². The zero-order valence-electron chi connectivity index (χ0n) is 9.05. The van der Waals surface area contributed by atoms with Crippen molar-refractivity contribution in [1.82, 2.24) is 0 Å². The van der Waals surface area contributed by atoms with Gasteiger partial charge in [0.2, 0.25) is 0 Å². The fourth-order valence-electron chi connectivity index (χ4n) is 1.62. The minimum atomic E-state index is -1.02. The Labute approximate surface area is 103 Å². The smallest absolute Gasteiger partial charge is 0.101 e. The molecule has 1 aliphatic heterocycles.